The maximum Gasteiger partial charge on any atom is 0.269 e. The first-order valence-corrected chi connectivity index (χ1v) is 4.83. The standard InChI is InChI=1S/C7H12F2N2.C2H6/c1-11-4-6(2-10-3-6)7(8,9)5-11;1-2/h10H,2-5H2,1H3;1-2H3. The molecule has 2 aliphatic rings. The molecule has 0 aromatic rings. The number of likely N-dealkylation sites (tertiary alicyclic amines) is 1. The predicted molar refractivity (Wildman–Crippen MR) is 49.1 cm³/mol. The van der Waals surface area contributed by atoms with Gasteiger partial charge in [-0.05, 0) is 7.05 Å². The number of nitrogens with zero attached hydrogens (tertiary/aromatic N) is 1. The fourth-order valence-electron chi connectivity index (χ4n) is 1.99. The van der Waals surface area contributed by atoms with Crippen molar-refractivity contribution in [1.82, 2.24) is 10.2 Å². The summed E-state index contributed by atoms with van der Waals surface area (Å²) >= 11 is 0. The third-order valence-corrected chi connectivity index (χ3v) is 2.74. The molecule has 2 fully saturated rings. The van der Waals surface area contributed by atoms with Crippen LogP contribution in [0.25, 0.3) is 0 Å². The van der Waals surface area contributed by atoms with Gasteiger partial charge in [0.05, 0.1) is 12.0 Å². The van der Waals surface area contributed by atoms with Gasteiger partial charge in [0.25, 0.3) is 5.92 Å². The Hall–Kier alpha value is -0.220. The Balaban J connectivity index is 0.000000396. The van der Waals surface area contributed by atoms with Gasteiger partial charge in [0, 0.05) is 19.6 Å². The van der Waals surface area contributed by atoms with E-state index in [1.165, 1.54) is 0 Å². The maximum absolute atomic E-state index is 13.2. The van der Waals surface area contributed by atoms with Gasteiger partial charge in [-0.2, -0.15) is 0 Å². The molecule has 0 bridgehead atoms. The number of hydrogen-bond donors (Lipinski definition) is 1. The van der Waals surface area contributed by atoms with Crippen LogP contribution in [-0.2, 0) is 0 Å². The fraction of sp³-hybridized carbons (Fsp3) is 1.00. The Morgan fingerprint density at radius 1 is 1.15 bits per heavy atom. The van der Waals surface area contributed by atoms with Crippen LogP contribution in [0.4, 0.5) is 8.78 Å². The molecule has 0 unspecified atom stereocenters. The van der Waals surface area contributed by atoms with Crippen LogP contribution in [0.3, 0.4) is 0 Å². The predicted octanol–water partition coefficient (Wildman–Crippen LogP) is 1.18. The molecule has 0 radical (unpaired) electrons. The summed E-state index contributed by atoms with van der Waals surface area (Å²) in [6.07, 6.45) is 0. The molecule has 13 heavy (non-hydrogen) atoms. The maximum atomic E-state index is 13.2. The van der Waals surface area contributed by atoms with Crippen molar-refractivity contribution in [2.75, 3.05) is 33.2 Å². The van der Waals surface area contributed by atoms with Crippen molar-refractivity contribution in [3.05, 3.63) is 0 Å². The van der Waals surface area contributed by atoms with Crippen LogP contribution < -0.4 is 5.32 Å². The van der Waals surface area contributed by atoms with Crippen LogP contribution in [0.2, 0.25) is 0 Å². The van der Waals surface area contributed by atoms with Crippen LogP contribution in [0.15, 0.2) is 0 Å². The minimum absolute atomic E-state index is 0.0747. The highest BCUT2D eigenvalue weighted by Gasteiger charge is 2.62. The van der Waals surface area contributed by atoms with E-state index in [2.05, 4.69) is 5.32 Å². The van der Waals surface area contributed by atoms with E-state index < -0.39 is 11.3 Å². The Morgan fingerprint density at radius 3 is 1.85 bits per heavy atom. The Kier molecular flexibility index (Phi) is 2.92. The van der Waals surface area contributed by atoms with E-state index in [9.17, 15) is 8.78 Å². The highest BCUT2D eigenvalue weighted by Crippen LogP contribution is 2.45. The van der Waals surface area contributed by atoms with Crippen molar-refractivity contribution < 1.29 is 8.78 Å². The second-order valence-electron chi connectivity index (χ2n) is 3.76. The summed E-state index contributed by atoms with van der Waals surface area (Å²) in [4.78, 5) is 1.71. The first kappa shape index (κ1) is 10.9. The summed E-state index contributed by atoms with van der Waals surface area (Å²) in [5.74, 6) is -2.48. The first-order valence-electron chi connectivity index (χ1n) is 4.83. The van der Waals surface area contributed by atoms with E-state index in [0.717, 1.165) is 0 Å². The molecule has 0 aliphatic carbocycles. The van der Waals surface area contributed by atoms with Crippen LogP contribution in [-0.4, -0.2) is 44.0 Å². The van der Waals surface area contributed by atoms with E-state index in [0.29, 0.717) is 19.6 Å². The number of halogens is 2. The van der Waals surface area contributed by atoms with Gasteiger partial charge in [-0.1, -0.05) is 13.8 Å². The van der Waals surface area contributed by atoms with Gasteiger partial charge in [-0.25, -0.2) is 8.78 Å². The molecule has 0 amide bonds. The molecule has 0 aromatic carbocycles. The summed E-state index contributed by atoms with van der Waals surface area (Å²) in [6.45, 7) is 5.41. The number of nitrogens with one attached hydrogen (secondary N) is 1. The lowest BCUT2D eigenvalue weighted by Gasteiger charge is -2.42. The molecular weight excluding hydrogens is 174 g/mol. The SMILES string of the molecule is CC.CN1CC(F)(F)C2(CNC2)C1. The van der Waals surface area contributed by atoms with Gasteiger partial charge in [-0.15, -0.1) is 0 Å². The minimum Gasteiger partial charge on any atom is -0.315 e. The monoisotopic (exact) mass is 192 g/mol. The second kappa shape index (κ2) is 3.50. The van der Waals surface area contributed by atoms with Crippen LogP contribution >= 0.6 is 0 Å². The van der Waals surface area contributed by atoms with Gasteiger partial charge in [0.2, 0.25) is 0 Å². The highest BCUT2D eigenvalue weighted by atomic mass is 19.3. The van der Waals surface area contributed by atoms with E-state index in [4.69, 9.17) is 0 Å². The third-order valence-electron chi connectivity index (χ3n) is 2.74. The van der Waals surface area contributed by atoms with Crippen molar-refractivity contribution in [3.8, 4) is 0 Å². The lowest BCUT2D eigenvalue weighted by molar-refractivity contribution is -0.108. The minimum atomic E-state index is -2.48. The molecule has 2 aliphatic heterocycles. The van der Waals surface area contributed by atoms with Crippen molar-refractivity contribution in [2.24, 2.45) is 5.41 Å². The normalized spacial score (nSPS) is 29.3. The fourth-order valence-corrected chi connectivity index (χ4v) is 1.99. The smallest absolute Gasteiger partial charge is 0.269 e. The van der Waals surface area contributed by atoms with Gasteiger partial charge < -0.3 is 5.32 Å². The summed E-state index contributed by atoms with van der Waals surface area (Å²) in [6, 6.07) is 0. The average molecular weight is 192 g/mol. The van der Waals surface area contributed by atoms with Gasteiger partial charge in [0.15, 0.2) is 0 Å². The largest absolute Gasteiger partial charge is 0.315 e. The lowest BCUT2D eigenvalue weighted by atomic mass is 9.78. The summed E-state index contributed by atoms with van der Waals surface area (Å²) in [7, 11) is 1.75. The summed E-state index contributed by atoms with van der Waals surface area (Å²) < 4.78 is 26.4. The molecule has 2 rings (SSSR count). The molecule has 0 aromatic heterocycles. The van der Waals surface area contributed by atoms with Crippen molar-refractivity contribution >= 4 is 0 Å². The zero-order chi connectivity index (χ0) is 10.1. The van der Waals surface area contributed by atoms with Gasteiger partial charge in [-0.3, -0.25) is 4.90 Å². The van der Waals surface area contributed by atoms with E-state index in [1.54, 1.807) is 11.9 Å². The average Bonchev–Trinajstić information content (AvgIpc) is 2.23. The zero-order valence-electron chi connectivity index (χ0n) is 8.53. The Morgan fingerprint density at radius 2 is 1.69 bits per heavy atom. The van der Waals surface area contributed by atoms with Crippen molar-refractivity contribution in [1.29, 1.82) is 0 Å². The highest BCUT2D eigenvalue weighted by molar-refractivity contribution is 5.09. The molecule has 4 heteroatoms. The summed E-state index contributed by atoms with van der Waals surface area (Å²) in [5.41, 5.74) is -0.734. The van der Waals surface area contributed by atoms with E-state index >= 15 is 0 Å². The molecule has 78 valence electrons. The third kappa shape index (κ3) is 1.57. The molecule has 2 heterocycles. The number of rotatable bonds is 0. The van der Waals surface area contributed by atoms with Gasteiger partial charge >= 0.3 is 0 Å². The lowest BCUT2D eigenvalue weighted by Crippen LogP contribution is -2.62. The van der Waals surface area contributed by atoms with E-state index in [1.807, 2.05) is 13.8 Å². The molecule has 2 nitrogen and oxygen atoms in total. The van der Waals surface area contributed by atoms with Crippen molar-refractivity contribution in [2.45, 2.75) is 19.8 Å². The number of hydrogen-bond acceptors (Lipinski definition) is 2. The molecule has 0 atom stereocenters. The molecule has 2 saturated heterocycles. The quantitative estimate of drug-likeness (QED) is 0.620. The Bertz CT molecular complexity index is 178. The molecular formula is C9H18F2N2. The van der Waals surface area contributed by atoms with Crippen LogP contribution in [0, 0.1) is 5.41 Å². The number of alkyl halides is 2. The summed E-state index contributed by atoms with van der Waals surface area (Å²) in [5, 5.41) is 2.91. The molecule has 1 N–H and O–H groups in total. The van der Waals surface area contributed by atoms with Crippen molar-refractivity contribution in [3.63, 3.8) is 0 Å². The Labute approximate surface area is 78.3 Å². The van der Waals surface area contributed by atoms with E-state index in [-0.39, 0.29) is 6.54 Å². The topological polar surface area (TPSA) is 15.3 Å². The zero-order valence-corrected chi connectivity index (χ0v) is 8.53. The van der Waals surface area contributed by atoms with Crippen LogP contribution in [0.5, 0.6) is 0 Å². The second-order valence-corrected chi connectivity index (χ2v) is 3.76. The van der Waals surface area contributed by atoms with Gasteiger partial charge in [0.1, 0.15) is 0 Å². The molecule has 1 spiro atoms. The first-order chi connectivity index (χ1) is 6.06. The van der Waals surface area contributed by atoms with Crippen LogP contribution in [0.1, 0.15) is 13.8 Å². The molecule has 0 saturated carbocycles.